The van der Waals surface area contributed by atoms with Crippen LogP contribution in [0, 0.1) is 19.8 Å². The molecule has 3 rings (SSSR count). The third-order valence-corrected chi connectivity index (χ3v) is 7.53. The monoisotopic (exact) mass is 578 g/mol. The quantitative estimate of drug-likeness (QED) is 0.0880. The Morgan fingerprint density at radius 3 is 2.33 bits per heavy atom. The van der Waals surface area contributed by atoms with Gasteiger partial charge in [0.05, 0.1) is 5.92 Å². The summed E-state index contributed by atoms with van der Waals surface area (Å²) in [5.74, 6) is -2.00. The number of aliphatic imine (C=N–C) groups is 1. The minimum atomic E-state index is -1.74. The van der Waals surface area contributed by atoms with Crippen molar-refractivity contribution < 1.29 is 19.2 Å². The summed E-state index contributed by atoms with van der Waals surface area (Å²) in [6.07, 6.45) is 2.48. The number of nitrogens with two attached hydrogens (primary N) is 4. The van der Waals surface area contributed by atoms with Crippen molar-refractivity contribution in [2.75, 3.05) is 6.54 Å². The van der Waals surface area contributed by atoms with Gasteiger partial charge in [-0.05, 0) is 86.9 Å². The van der Waals surface area contributed by atoms with E-state index in [2.05, 4.69) is 20.4 Å². The van der Waals surface area contributed by atoms with Crippen molar-refractivity contribution >= 4 is 17.8 Å². The molecule has 0 radical (unpaired) electrons. The zero-order chi connectivity index (χ0) is 30.9. The van der Waals surface area contributed by atoms with Gasteiger partial charge in [0.1, 0.15) is 11.8 Å². The molecule has 12 nitrogen and oxygen atoms in total. The largest absolute Gasteiger partial charge is 0.508 e. The molecule has 2 amide bonds. The molecule has 1 aromatic heterocycles. The maximum atomic E-state index is 14.2. The van der Waals surface area contributed by atoms with Crippen molar-refractivity contribution in [1.29, 1.82) is 0 Å². The SMILES string of the molecule is CCC(N=C(N)N)(C(N)=O)[C@H](Cc1c(C)cc(O)cc1C)C(=O)N[C@@H](CCCCN)c1nc(Cc2ccccc2)no1. The Kier molecular flexibility index (Phi) is 11.0. The van der Waals surface area contributed by atoms with E-state index < -0.39 is 29.3 Å². The van der Waals surface area contributed by atoms with E-state index in [0.717, 1.165) is 28.7 Å². The number of aromatic hydroxyl groups is 1. The number of carbonyl (C=O) groups excluding carboxylic acids is 2. The van der Waals surface area contributed by atoms with E-state index in [4.69, 9.17) is 27.5 Å². The van der Waals surface area contributed by atoms with Crippen molar-refractivity contribution in [3.63, 3.8) is 0 Å². The highest BCUT2D eigenvalue weighted by molar-refractivity contribution is 5.95. The number of aryl methyl sites for hydroxylation is 2. The fraction of sp³-hybridized carbons (Fsp3) is 0.433. The number of benzene rings is 2. The van der Waals surface area contributed by atoms with Crippen molar-refractivity contribution in [3.05, 3.63) is 76.4 Å². The van der Waals surface area contributed by atoms with Crippen LogP contribution in [0.5, 0.6) is 5.75 Å². The summed E-state index contributed by atoms with van der Waals surface area (Å²) >= 11 is 0. The molecule has 0 aliphatic heterocycles. The van der Waals surface area contributed by atoms with Crippen LogP contribution >= 0.6 is 0 Å². The lowest BCUT2D eigenvalue weighted by Crippen LogP contribution is -2.56. The van der Waals surface area contributed by atoms with Gasteiger partial charge in [-0.25, -0.2) is 4.99 Å². The van der Waals surface area contributed by atoms with Gasteiger partial charge in [0.15, 0.2) is 17.3 Å². The topological polar surface area (TPSA) is 222 Å². The van der Waals surface area contributed by atoms with Gasteiger partial charge in [0, 0.05) is 6.42 Å². The number of guanidine groups is 1. The maximum absolute atomic E-state index is 14.2. The van der Waals surface area contributed by atoms with Crippen molar-refractivity contribution in [2.45, 2.75) is 70.9 Å². The Bertz CT molecular complexity index is 1360. The number of hydrogen-bond acceptors (Lipinski definition) is 8. The molecular formula is C30H42N8O4. The highest BCUT2D eigenvalue weighted by Gasteiger charge is 2.48. The van der Waals surface area contributed by atoms with Crippen LogP contribution in [0.3, 0.4) is 0 Å². The zero-order valence-electron chi connectivity index (χ0n) is 24.5. The molecule has 226 valence electrons. The van der Waals surface area contributed by atoms with E-state index in [1.54, 1.807) is 19.1 Å². The predicted molar refractivity (Wildman–Crippen MR) is 160 cm³/mol. The Morgan fingerprint density at radius 1 is 1.10 bits per heavy atom. The van der Waals surface area contributed by atoms with Gasteiger partial charge in [0.2, 0.25) is 17.7 Å². The van der Waals surface area contributed by atoms with Crippen molar-refractivity contribution in [3.8, 4) is 5.75 Å². The minimum absolute atomic E-state index is 0.0636. The summed E-state index contributed by atoms with van der Waals surface area (Å²) in [6, 6.07) is 12.2. The molecule has 0 saturated carbocycles. The molecular weight excluding hydrogens is 536 g/mol. The lowest BCUT2D eigenvalue weighted by molar-refractivity contribution is -0.135. The third kappa shape index (κ3) is 7.84. The van der Waals surface area contributed by atoms with E-state index in [9.17, 15) is 14.7 Å². The molecule has 2 aromatic carbocycles. The number of amides is 2. The highest BCUT2D eigenvalue weighted by Crippen LogP contribution is 2.34. The average Bonchev–Trinajstić information content (AvgIpc) is 3.39. The average molecular weight is 579 g/mol. The maximum Gasteiger partial charge on any atom is 0.249 e. The highest BCUT2D eigenvalue weighted by atomic mass is 16.5. The van der Waals surface area contributed by atoms with Crippen LogP contribution in [0.25, 0.3) is 0 Å². The summed E-state index contributed by atoms with van der Waals surface area (Å²) in [5.41, 5.74) is 24.7. The second-order valence-electron chi connectivity index (χ2n) is 10.6. The standard InChI is InChI=1S/C30H42N8O4/c1-4-30(28(32)41,37-29(33)34)23(17-22-18(2)14-21(39)15-19(22)3)26(40)35-24(12-8-9-13-31)27-36-25(38-42-27)16-20-10-6-5-7-11-20/h5-7,10-11,14-15,23-24,39H,4,8-9,12-13,16-17,31H2,1-3H3,(H2,32,41)(H,35,40)(H4,33,34,37)/t23-,24+,30?/m1/s1. The number of hydrogen-bond donors (Lipinski definition) is 6. The number of phenolic OH excluding ortho intramolecular Hbond substituents is 1. The second-order valence-corrected chi connectivity index (χ2v) is 10.6. The Balaban J connectivity index is 2.02. The molecule has 0 saturated heterocycles. The van der Waals surface area contributed by atoms with Crippen LogP contribution < -0.4 is 28.3 Å². The van der Waals surface area contributed by atoms with E-state index in [1.807, 2.05) is 44.2 Å². The van der Waals surface area contributed by atoms with Gasteiger partial charge in [0.25, 0.3) is 0 Å². The molecule has 10 N–H and O–H groups in total. The number of rotatable bonds is 15. The number of nitrogens with zero attached hydrogens (tertiary/aromatic N) is 3. The molecule has 42 heavy (non-hydrogen) atoms. The molecule has 0 spiro atoms. The summed E-state index contributed by atoms with van der Waals surface area (Å²) in [5, 5.41) is 17.2. The van der Waals surface area contributed by atoms with Gasteiger partial charge in [-0.3, -0.25) is 9.59 Å². The number of nitrogens with one attached hydrogen (secondary N) is 1. The number of aromatic nitrogens is 2. The molecule has 1 unspecified atom stereocenters. The van der Waals surface area contributed by atoms with E-state index in [0.29, 0.717) is 31.6 Å². The summed E-state index contributed by atoms with van der Waals surface area (Å²) < 4.78 is 5.61. The first-order chi connectivity index (χ1) is 20.0. The van der Waals surface area contributed by atoms with E-state index in [-0.39, 0.29) is 30.4 Å². The number of unbranched alkanes of at least 4 members (excludes halogenated alkanes) is 1. The van der Waals surface area contributed by atoms with Crippen molar-refractivity contribution in [2.24, 2.45) is 33.8 Å². The summed E-state index contributed by atoms with van der Waals surface area (Å²) in [4.78, 5) is 36.1. The normalized spacial score (nSPS) is 14.0. The van der Waals surface area contributed by atoms with Crippen LogP contribution in [-0.2, 0) is 22.4 Å². The van der Waals surface area contributed by atoms with Crippen molar-refractivity contribution in [1.82, 2.24) is 15.5 Å². The molecule has 3 aromatic rings. The number of phenols is 1. The molecule has 3 atom stereocenters. The molecule has 0 fully saturated rings. The minimum Gasteiger partial charge on any atom is -0.508 e. The van der Waals surface area contributed by atoms with Gasteiger partial charge in [-0.1, -0.05) is 42.4 Å². The molecule has 0 aliphatic carbocycles. The molecule has 0 bridgehead atoms. The Labute approximate surface area is 245 Å². The number of primary amides is 1. The van der Waals surface area contributed by atoms with E-state index in [1.165, 1.54) is 0 Å². The molecule has 1 heterocycles. The zero-order valence-corrected chi connectivity index (χ0v) is 24.5. The second kappa shape index (κ2) is 14.4. The van der Waals surface area contributed by atoms with E-state index >= 15 is 0 Å². The van der Waals surface area contributed by atoms with Gasteiger partial charge >= 0.3 is 0 Å². The van der Waals surface area contributed by atoms with Crippen LogP contribution in [0.1, 0.15) is 72.6 Å². The van der Waals surface area contributed by atoms with Gasteiger partial charge in [-0.15, -0.1) is 0 Å². The summed E-state index contributed by atoms with van der Waals surface area (Å²) in [6.45, 7) is 5.81. The fourth-order valence-corrected chi connectivity index (χ4v) is 5.29. The Hall–Kier alpha value is -4.45. The third-order valence-electron chi connectivity index (χ3n) is 7.53. The lowest BCUT2D eigenvalue weighted by atomic mass is 9.75. The number of carbonyl (C=O) groups is 2. The Morgan fingerprint density at radius 2 is 1.76 bits per heavy atom. The molecule has 12 heteroatoms. The van der Waals surface area contributed by atoms with Crippen LogP contribution in [0.2, 0.25) is 0 Å². The lowest BCUT2D eigenvalue weighted by Gasteiger charge is -2.34. The van der Waals surface area contributed by atoms with Gasteiger partial charge in [-0.2, -0.15) is 4.98 Å². The van der Waals surface area contributed by atoms with Crippen LogP contribution in [-0.4, -0.2) is 45.1 Å². The fourth-order valence-electron chi connectivity index (χ4n) is 5.29. The molecule has 0 aliphatic rings. The van der Waals surface area contributed by atoms with Crippen LogP contribution in [0.15, 0.2) is 52.0 Å². The smallest absolute Gasteiger partial charge is 0.249 e. The summed E-state index contributed by atoms with van der Waals surface area (Å²) in [7, 11) is 0. The van der Waals surface area contributed by atoms with Gasteiger partial charge < -0.3 is 37.9 Å². The van der Waals surface area contributed by atoms with Crippen LogP contribution in [0.4, 0.5) is 0 Å². The first-order valence-electron chi connectivity index (χ1n) is 14.1. The first kappa shape index (κ1) is 32.1. The first-order valence-corrected chi connectivity index (χ1v) is 14.1. The predicted octanol–water partition coefficient (Wildman–Crippen LogP) is 2.04.